The molecular weight excluding hydrogens is 322 g/mol. The maximum absolute atomic E-state index is 12.9. The first-order valence-electron chi connectivity index (χ1n) is 7.15. The molecule has 1 aliphatic carbocycles. The second-order valence-electron chi connectivity index (χ2n) is 5.76. The number of amides is 1. The number of carbonyl (C=O) groups is 1. The second-order valence-corrected chi connectivity index (χ2v) is 7.41. The molecule has 0 aromatic carbocycles. The minimum atomic E-state index is 0.127. The summed E-state index contributed by atoms with van der Waals surface area (Å²) in [4.78, 5) is 16.5. The van der Waals surface area contributed by atoms with Crippen molar-refractivity contribution in [2.75, 3.05) is 11.9 Å². The molecule has 4 heteroatoms. The molecule has 0 saturated carbocycles. The van der Waals surface area contributed by atoms with Crippen molar-refractivity contribution in [2.45, 2.75) is 44.6 Å². The number of nitrogens with zero attached hydrogens (tertiary/aromatic N) is 1. The summed E-state index contributed by atoms with van der Waals surface area (Å²) in [7, 11) is 0. The lowest BCUT2D eigenvalue weighted by Gasteiger charge is -2.31. The summed E-state index contributed by atoms with van der Waals surface area (Å²) in [5, 5.41) is 3.05. The fraction of sp³-hybridized carbons (Fsp3) is 0.667. The van der Waals surface area contributed by atoms with Gasteiger partial charge in [0.05, 0.1) is 5.92 Å². The van der Waals surface area contributed by atoms with Gasteiger partial charge in [0, 0.05) is 22.8 Å². The van der Waals surface area contributed by atoms with Gasteiger partial charge in [-0.25, -0.2) is 0 Å². The van der Waals surface area contributed by atoms with Gasteiger partial charge in [0.25, 0.3) is 0 Å². The second kappa shape index (κ2) is 5.57. The Hall–Kier alpha value is -0.350. The Kier molecular flexibility index (Phi) is 3.99. The molecule has 0 radical (unpaired) electrons. The Balaban J connectivity index is 1.82. The van der Waals surface area contributed by atoms with E-state index >= 15 is 0 Å². The van der Waals surface area contributed by atoms with Crippen molar-refractivity contribution in [1.29, 1.82) is 0 Å². The van der Waals surface area contributed by atoms with E-state index < -0.39 is 0 Å². The first-order chi connectivity index (χ1) is 9.22. The van der Waals surface area contributed by atoms with E-state index in [9.17, 15) is 4.79 Å². The number of likely N-dealkylation sites (tertiary alicyclic amines) is 1. The predicted octanol–water partition coefficient (Wildman–Crippen LogP) is 3.80. The Morgan fingerprint density at radius 3 is 3.16 bits per heavy atom. The summed E-state index contributed by atoms with van der Waals surface area (Å²) < 4.78 is 0. The van der Waals surface area contributed by atoms with Crippen LogP contribution in [0.4, 0.5) is 0 Å². The Labute approximate surface area is 127 Å². The zero-order valence-electron chi connectivity index (χ0n) is 11.3. The molecule has 3 unspecified atom stereocenters. The van der Waals surface area contributed by atoms with Crippen LogP contribution in [0.15, 0.2) is 11.4 Å². The summed E-state index contributed by atoms with van der Waals surface area (Å²) in [5.41, 5.74) is 1.31. The highest BCUT2D eigenvalue weighted by Gasteiger charge is 2.38. The van der Waals surface area contributed by atoms with Crippen LogP contribution in [0.5, 0.6) is 0 Å². The van der Waals surface area contributed by atoms with Crippen molar-refractivity contribution < 1.29 is 4.79 Å². The Morgan fingerprint density at radius 2 is 2.37 bits per heavy atom. The van der Waals surface area contributed by atoms with Gasteiger partial charge < -0.3 is 4.90 Å². The van der Waals surface area contributed by atoms with Gasteiger partial charge in [0.1, 0.15) is 0 Å². The Bertz CT molecular complexity index is 472. The van der Waals surface area contributed by atoms with Gasteiger partial charge in [-0.05, 0) is 48.6 Å². The van der Waals surface area contributed by atoms with Gasteiger partial charge in [-0.2, -0.15) is 0 Å². The normalized spacial score (nSPS) is 30.4. The average Bonchev–Trinajstić information content (AvgIpc) is 3.03. The maximum atomic E-state index is 12.9. The van der Waals surface area contributed by atoms with Gasteiger partial charge in [0.15, 0.2) is 0 Å². The van der Waals surface area contributed by atoms with Crippen molar-refractivity contribution in [3.63, 3.8) is 0 Å². The topological polar surface area (TPSA) is 20.3 Å². The third-order valence-electron chi connectivity index (χ3n) is 4.67. The SMILES string of the molecule is CC1CCN(C(=O)C2CCCc3sccc32)C1CBr. The van der Waals surface area contributed by atoms with E-state index in [1.807, 2.05) is 11.3 Å². The number of alkyl halides is 1. The van der Waals surface area contributed by atoms with Crippen LogP contribution >= 0.6 is 27.3 Å². The van der Waals surface area contributed by atoms with Crippen molar-refractivity contribution >= 4 is 33.2 Å². The minimum Gasteiger partial charge on any atom is -0.338 e. The zero-order chi connectivity index (χ0) is 13.4. The third-order valence-corrected chi connectivity index (χ3v) is 6.33. The largest absolute Gasteiger partial charge is 0.338 e. The molecular formula is C15H20BrNOS. The average molecular weight is 342 g/mol. The quantitative estimate of drug-likeness (QED) is 0.749. The lowest BCUT2D eigenvalue weighted by molar-refractivity contribution is -0.133. The van der Waals surface area contributed by atoms with Crippen LogP contribution < -0.4 is 0 Å². The molecule has 1 aromatic rings. The lowest BCUT2D eigenvalue weighted by Crippen LogP contribution is -2.41. The van der Waals surface area contributed by atoms with E-state index in [-0.39, 0.29) is 5.92 Å². The lowest BCUT2D eigenvalue weighted by atomic mass is 9.86. The van der Waals surface area contributed by atoms with Crippen molar-refractivity contribution in [3.05, 3.63) is 21.9 Å². The van der Waals surface area contributed by atoms with Crippen LogP contribution in [0.1, 0.15) is 42.5 Å². The third kappa shape index (κ3) is 2.38. The molecule has 3 atom stereocenters. The zero-order valence-corrected chi connectivity index (χ0v) is 13.7. The van der Waals surface area contributed by atoms with Crippen molar-refractivity contribution in [2.24, 2.45) is 5.92 Å². The molecule has 0 spiro atoms. The standard InChI is InChI=1S/C15H20BrNOS/c1-10-5-7-17(13(10)9-16)15(18)12-3-2-4-14-11(12)6-8-19-14/h6,8,10,12-13H,2-5,7,9H2,1H3. The van der Waals surface area contributed by atoms with Crippen LogP contribution in [0.2, 0.25) is 0 Å². The van der Waals surface area contributed by atoms with Crippen LogP contribution in [0.25, 0.3) is 0 Å². The van der Waals surface area contributed by atoms with E-state index in [1.165, 1.54) is 10.4 Å². The number of aryl methyl sites for hydroxylation is 1. The van der Waals surface area contributed by atoms with Gasteiger partial charge in [-0.3, -0.25) is 4.79 Å². The maximum Gasteiger partial charge on any atom is 0.230 e. The Morgan fingerprint density at radius 1 is 1.53 bits per heavy atom. The number of carbonyl (C=O) groups excluding carboxylic acids is 1. The van der Waals surface area contributed by atoms with Gasteiger partial charge in [-0.15, -0.1) is 11.3 Å². The first kappa shape index (κ1) is 13.6. The number of rotatable bonds is 2. The summed E-state index contributed by atoms with van der Waals surface area (Å²) in [6.07, 6.45) is 4.50. The smallest absolute Gasteiger partial charge is 0.230 e. The highest BCUT2D eigenvalue weighted by atomic mass is 79.9. The number of hydrogen-bond donors (Lipinski definition) is 0. The molecule has 1 fully saturated rings. The highest BCUT2D eigenvalue weighted by molar-refractivity contribution is 9.09. The summed E-state index contributed by atoms with van der Waals surface area (Å²) in [6.45, 7) is 3.20. The molecule has 2 aliphatic rings. The molecule has 19 heavy (non-hydrogen) atoms. The van der Waals surface area contributed by atoms with Gasteiger partial charge in [0.2, 0.25) is 5.91 Å². The molecule has 0 N–H and O–H groups in total. The van der Waals surface area contributed by atoms with Gasteiger partial charge >= 0.3 is 0 Å². The summed E-state index contributed by atoms with van der Waals surface area (Å²) in [6, 6.07) is 2.56. The summed E-state index contributed by atoms with van der Waals surface area (Å²) >= 11 is 5.40. The number of fused-ring (bicyclic) bond motifs is 1. The van der Waals surface area contributed by atoms with Crippen LogP contribution in [0.3, 0.4) is 0 Å². The molecule has 2 heterocycles. The van der Waals surface area contributed by atoms with Crippen LogP contribution in [-0.2, 0) is 11.2 Å². The van der Waals surface area contributed by atoms with Crippen LogP contribution in [-0.4, -0.2) is 28.7 Å². The monoisotopic (exact) mass is 341 g/mol. The molecule has 3 rings (SSSR count). The molecule has 1 aliphatic heterocycles. The number of hydrogen-bond acceptors (Lipinski definition) is 2. The van der Waals surface area contributed by atoms with Gasteiger partial charge in [-0.1, -0.05) is 22.9 Å². The van der Waals surface area contributed by atoms with Crippen LogP contribution in [0, 0.1) is 5.92 Å². The van der Waals surface area contributed by atoms with Crippen molar-refractivity contribution in [3.8, 4) is 0 Å². The van der Waals surface area contributed by atoms with E-state index in [2.05, 4.69) is 39.2 Å². The molecule has 1 saturated heterocycles. The van der Waals surface area contributed by atoms with E-state index in [0.717, 1.165) is 37.6 Å². The van der Waals surface area contributed by atoms with E-state index in [4.69, 9.17) is 0 Å². The summed E-state index contributed by atoms with van der Waals surface area (Å²) in [5.74, 6) is 1.11. The molecule has 104 valence electrons. The van der Waals surface area contributed by atoms with Crippen molar-refractivity contribution in [1.82, 2.24) is 4.90 Å². The molecule has 1 aromatic heterocycles. The van der Waals surface area contributed by atoms with E-state index in [1.54, 1.807) is 0 Å². The predicted molar refractivity (Wildman–Crippen MR) is 83.1 cm³/mol. The number of thiophene rings is 1. The fourth-order valence-electron chi connectivity index (χ4n) is 3.46. The van der Waals surface area contributed by atoms with E-state index in [0.29, 0.717) is 17.9 Å². The minimum absolute atomic E-state index is 0.127. The first-order valence-corrected chi connectivity index (χ1v) is 9.15. The fourth-order valence-corrected chi connectivity index (χ4v) is 5.44. The highest BCUT2D eigenvalue weighted by Crippen LogP contribution is 2.38. The molecule has 2 nitrogen and oxygen atoms in total. The number of halogens is 1. The molecule has 0 bridgehead atoms. The molecule has 1 amide bonds.